The van der Waals surface area contributed by atoms with Crippen LogP contribution in [0, 0.1) is 0 Å². The predicted molar refractivity (Wildman–Crippen MR) is 92.5 cm³/mol. The molecule has 8 nitrogen and oxygen atoms in total. The van der Waals surface area contributed by atoms with Gasteiger partial charge < -0.3 is 15.0 Å². The molecule has 2 aromatic rings. The molecular weight excluding hydrogens is 344 g/mol. The lowest BCUT2D eigenvalue weighted by atomic mass is 10.2. The van der Waals surface area contributed by atoms with Crippen LogP contribution in [0.4, 0.5) is 0 Å². The summed E-state index contributed by atoms with van der Waals surface area (Å²) in [5.41, 5.74) is 0.322. The number of aliphatic hydroxyl groups is 1. The van der Waals surface area contributed by atoms with Crippen LogP contribution < -0.4 is 10.0 Å². The third-order valence-corrected chi connectivity index (χ3v) is 4.97. The molecule has 0 aliphatic carbocycles. The predicted octanol–water partition coefficient (Wildman–Crippen LogP) is 0.665. The number of carbonyl (C=O) groups is 1. The van der Waals surface area contributed by atoms with E-state index in [4.69, 9.17) is 5.11 Å². The summed E-state index contributed by atoms with van der Waals surface area (Å²) in [6, 6.07) is 5.77. The van der Waals surface area contributed by atoms with Crippen molar-refractivity contribution < 1.29 is 18.3 Å². The summed E-state index contributed by atoms with van der Waals surface area (Å²) in [6.07, 6.45) is 3.43. The highest BCUT2D eigenvalue weighted by atomic mass is 32.2. The van der Waals surface area contributed by atoms with Gasteiger partial charge in [-0.1, -0.05) is 0 Å². The number of aromatic nitrogens is 2. The normalized spacial score (nSPS) is 11.7. The molecular formula is C16H22N4O4S. The summed E-state index contributed by atoms with van der Waals surface area (Å²) in [7, 11) is -3.71. The van der Waals surface area contributed by atoms with Gasteiger partial charge in [0.15, 0.2) is 0 Å². The van der Waals surface area contributed by atoms with Gasteiger partial charge in [-0.2, -0.15) is 0 Å². The molecule has 0 spiro atoms. The quantitative estimate of drug-likeness (QED) is 0.635. The minimum Gasteiger partial charge on any atom is -0.395 e. The van der Waals surface area contributed by atoms with Crippen molar-refractivity contribution >= 4 is 15.9 Å². The maximum absolute atomic E-state index is 12.4. The Morgan fingerprint density at radius 2 is 1.96 bits per heavy atom. The maximum Gasteiger partial charge on any atom is 0.251 e. The number of nitrogens with one attached hydrogen (secondary N) is 2. The van der Waals surface area contributed by atoms with Crippen molar-refractivity contribution in [1.29, 1.82) is 0 Å². The second kappa shape index (κ2) is 8.24. The summed E-state index contributed by atoms with van der Waals surface area (Å²) in [5.74, 6) is 0.253. The summed E-state index contributed by atoms with van der Waals surface area (Å²) < 4.78 is 29.2. The molecule has 1 amide bonds. The lowest BCUT2D eigenvalue weighted by molar-refractivity contribution is 0.0944. The first kappa shape index (κ1) is 19.1. The maximum atomic E-state index is 12.4. The first-order chi connectivity index (χ1) is 11.8. The van der Waals surface area contributed by atoms with Crippen LogP contribution in [-0.4, -0.2) is 42.1 Å². The van der Waals surface area contributed by atoms with Crippen molar-refractivity contribution in [1.82, 2.24) is 19.6 Å². The number of nitrogens with zero attached hydrogens (tertiary/aromatic N) is 2. The van der Waals surface area contributed by atoms with Gasteiger partial charge in [-0.15, -0.1) is 0 Å². The summed E-state index contributed by atoms with van der Waals surface area (Å²) >= 11 is 0. The van der Waals surface area contributed by atoms with Crippen molar-refractivity contribution in [2.75, 3.05) is 13.2 Å². The van der Waals surface area contributed by atoms with E-state index in [2.05, 4.69) is 15.0 Å². The number of imidazole rings is 1. The summed E-state index contributed by atoms with van der Waals surface area (Å²) in [5, 5.41) is 11.2. The Morgan fingerprint density at radius 1 is 1.28 bits per heavy atom. The Hall–Kier alpha value is -2.23. The number of hydrogen-bond acceptors (Lipinski definition) is 5. The second-order valence-corrected chi connectivity index (χ2v) is 7.44. The fourth-order valence-electron chi connectivity index (χ4n) is 2.25. The van der Waals surface area contributed by atoms with Crippen LogP contribution in [0.2, 0.25) is 0 Å². The molecule has 0 radical (unpaired) electrons. The molecule has 0 aliphatic heterocycles. The highest BCUT2D eigenvalue weighted by Gasteiger charge is 2.16. The van der Waals surface area contributed by atoms with E-state index in [0.29, 0.717) is 11.4 Å². The molecule has 3 N–H and O–H groups in total. The zero-order valence-electron chi connectivity index (χ0n) is 14.1. The van der Waals surface area contributed by atoms with Crippen LogP contribution in [0.1, 0.15) is 36.1 Å². The van der Waals surface area contributed by atoms with Gasteiger partial charge in [-0.25, -0.2) is 18.1 Å². The third-order valence-electron chi connectivity index (χ3n) is 3.55. The summed E-state index contributed by atoms with van der Waals surface area (Å²) in [6.45, 7) is 4.03. The molecule has 0 fully saturated rings. The molecule has 1 aromatic carbocycles. The van der Waals surface area contributed by atoms with Gasteiger partial charge in [0.25, 0.3) is 5.91 Å². The Morgan fingerprint density at radius 3 is 2.56 bits per heavy atom. The zero-order chi connectivity index (χ0) is 18.4. The number of aliphatic hydroxyl groups excluding tert-OH is 1. The van der Waals surface area contributed by atoms with Gasteiger partial charge in [0.1, 0.15) is 5.82 Å². The van der Waals surface area contributed by atoms with Gasteiger partial charge in [0.05, 0.1) is 18.0 Å². The number of amides is 1. The van der Waals surface area contributed by atoms with Crippen molar-refractivity contribution in [3.8, 4) is 0 Å². The number of carbonyl (C=O) groups excluding carboxylic acids is 1. The van der Waals surface area contributed by atoms with Gasteiger partial charge in [0.2, 0.25) is 10.0 Å². The summed E-state index contributed by atoms with van der Waals surface area (Å²) in [4.78, 5) is 16.0. The van der Waals surface area contributed by atoms with E-state index < -0.39 is 10.0 Å². The molecule has 136 valence electrons. The lowest BCUT2D eigenvalue weighted by Crippen LogP contribution is -2.27. The smallest absolute Gasteiger partial charge is 0.251 e. The standard InChI is InChI=1S/C16H22N4O4S/c1-12(2)20-9-7-17-15(20)11-19-25(23,24)14-5-3-13(4-6-14)16(22)18-8-10-21/h3-7,9,12,19,21H,8,10-11H2,1-2H3,(H,18,22). The van der Waals surface area contributed by atoms with Crippen LogP contribution >= 0.6 is 0 Å². The first-order valence-electron chi connectivity index (χ1n) is 7.85. The molecule has 1 aromatic heterocycles. The molecule has 0 bridgehead atoms. The number of hydrogen-bond donors (Lipinski definition) is 3. The molecule has 2 rings (SSSR count). The van der Waals surface area contributed by atoms with E-state index in [9.17, 15) is 13.2 Å². The zero-order valence-corrected chi connectivity index (χ0v) is 15.0. The minimum atomic E-state index is -3.71. The minimum absolute atomic E-state index is 0.0638. The van der Waals surface area contributed by atoms with Crippen LogP contribution in [0.5, 0.6) is 0 Å². The van der Waals surface area contributed by atoms with Crippen molar-refractivity contribution in [2.24, 2.45) is 0 Å². The number of sulfonamides is 1. The van der Waals surface area contributed by atoms with Gasteiger partial charge in [0, 0.05) is 30.5 Å². The molecule has 0 atom stereocenters. The Labute approximate surface area is 146 Å². The van der Waals surface area contributed by atoms with Gasteiger partial charge >= 0.3 is 0 Å². The Bertz CT molecular complexity index is 813. The lowest BCUT2D eigenvalue weighted by Gasteiger charge is -2.12. The largest absolute Gasteiger partial charge is 0.395 e. The van der Waals surface area contributed by atoms with Crippen molar-refractivity contribution in [3.63, 3.8) is 0 Å². The van der Waals surface area contributed by atoms with Crippen molar-refractivity contribution in [3.05, 3.63) is 48.0 Å². The van der Waals surface area contributed by atoms with E-state index in [1.807, 2.05) is 18.4 Å². The van der Waals surface area contributed by atoms with E-state index >= 15 is 0 Å². The van der Waals surface area contributed by atoms with Crippen LogP contribution in [-0.2, 0) is 16.6 Å². The van der Waals surface area contributed by atoms with Crippen LogP contribution in [0.25, 0.3) is 0 Å². The van der Waals surface area contributed by atoms with Gasteiger partial charge in [-0.3, -0.25) is 4.79 Å². The molecule has 1 heterocycles. The van der Waals surface area contributed by atoms with Crippen LogP contribution in [0.15, 0.2) is 41.6 Å². The highest BCUT2D eigenvalue weighted by molar-refractivity contribution is 7.89. The number of rotatable bonds is 8. The monoisotopic (exact) mass is 366 g/mol. The molecule has 0 saturated carbocycles. The average Bonchev–Trinajstić information content (AvgIpc) is 3.07. The average molecular weight is 366 g/mol. The molecule has 0 aliphatic rings. The number of benzene rings is 1. The highest BCUT2D eigenvalue weighted by Crippen LogP contribution is 2.12. The molecule has 9 heteroatoms. The molecule has 0 unspecified atom stereocenters. The first-order valence-corrected chi connectivity index (χ1v) is 9.34. The molecule has 25 heavy (non-hydrogen) atoms. The fourth-order valence-corrected chi connectivity index (χ4v) is 3.23. The second-order valence-electron chi connectivity index (χ2n) is 5.67. The van der Waals surface area contributed by atoms with Crippen molar-refractivity contribution in [2.45, 2.75) is 31.3 Å². The third kappa shape index (κ3) is 4.88. The molecule has 0 saturated heterocycles. The topological polar surface area (TPSA) is 113 Å². The van der Waals surface area contributed by atoms with E-state index in [1.54, 1.807) is 12.4 Å². The van der Waals surface area contributed by atoms with E-state index in [0.717, 1.165) is 0 Å². The van der Waals surface area contributed by atoms with E-state index in [-0.39, 0.29) is 36.5 Å². The fraction of sp³-hybridized carbons (Fsp3) is 0.375. The Kier molecular flexibility index (Phi) is 6.29. The van der Waals surface area contributed by atoms with Gasteiger partial charge in [-0.05, 0) is 38.1 Å². The van der Waals surface area contributed by atoms with Crippen LogP contribution in [0.3, 0.4) is 0 Å². The SMILES string of the molecule is CC(C)n1ccnc1CNS(=O)(=O)c1ccc(C(=O)NCCO)cc1. The van der Waals surface area contributed by atoms with E-state index in [1.165, 1.54) is 24.3 Å². The Balaban J connectivity index is 2.06.